The largest absolute Gasteiger partial charge is 0.337 e. The number of carbonyl (C=O) groups excluding carboxylic acids is 1. The van der Waals surface area contributed by atoms with Gasteiger partial charge in [0.15, 0.2) is 5.69 Å². The van der Waals surface area contributed by atoms with E-state index in [0.717, 1.165) is 54.3 Å². The number of amides is 1. The molecule has 2 aliphatic heterocycles. The molecule has 2 aromatic heterocycles. The van der Waals surface area contributed by atoms with Crippen molar-refractivity contribution in [3.05, 3.63) is 47.2 Å². The van der Waals surface area contributed by atoms with Gasteiger partial charge in [0.25, 0.3) is 5.91 Å². The summed E-state index contributed by atoms with van der Waals surface area (Å²) in [5.41, 5.74) is 6.56. The first-order chi connectivity index (χ1) is 12.6. The van der Waals surface area contributed by atoms with Crippen molar-refractivity contribution in [2.24, 2.45) is 0 Å². The Kier molecular flexibility index (Phi) is 3.25. The van der Waals surface area contributed by atoms with Crippen LogP contribution in [0.5, 0.6) is 0 Å². The maximum atomic E-state index is 13.0. The summed E-state index contributed by atoms with van der Waals surface area (Å²) in [6.07, 6.45) is 3.90. The number of aromatic nitrogens is 5. The normalized spacial score (nSPS) is 15.4. The zero-order valence-corrected chi connectivity index (χ0v) is 14.9. The number of hydrogen-bond donors (Lipinski definition) is 0. The Hall–Kier alpha value is -2.96. The zero-order valence-electron chi connectivity index (χ0n) is 14.9. The van der Waals surface area contributed by atoms with E-state index >= 15 is 0 Å². The molecule has 7 nitrogen and oxygen atoms in total. The van der Waals surface area contributed by atoms with Gasteiger partial charge >= 0.3 is 0 Å². The van der Waals surface area contributed by atoms with Gasteiger partial charge in [-0.1, -0.05) is 16.8 Å². The smallest absolute Gasteiger partial charge is 0.274 e. The molecule has 0 radical (unpaired) electrons. The van der Waals surface area contributed by atoms with E-state index in [1.165, 1.54) is 5.56 Å². The highest BCUT2D eigenvalue weighted by molar-refractivity contribution is 5.94. The lowest BCUT2D eigenvalue weighted by Gasteiger charge is -2.15. The molecule has 4 heterocycles. The van der Waals surface area contributed by atoms with Crippen LogP contribution >= 0.6 is 0 Å². The molecule has 0 aliphatic carbocycles. The third-order valence-corrected chi connectivity index (χ3v) is 5.33. The van der Waals surface area contributed by atoms with Gasteiger partial charge in [-0.25, -0.2) is 9.67 Å². The molecule has 1 amide bonds. The van der Waals surface area contributed by atoms with Crippen LogP contribution in [-0.4, -0.2) is 48.4 Å². The fourth-order valence-electron chi connectivity index (χ4n) is 4.02. The van der Waals surface area contributed by atoms with Gasteiger partial charge < -0.3 is 4.90 Å². The quantitative estimate of drug-likeness (QED) is 0.529. The van der Waals surface area contributed by atoms with Crippen LogP contribution in [0.3, 0.4) is 0 Å². The molecule has 1 aromatic carbocycles. The Morgan fingerprint density at radius 2 is 1.96 bits per heavy atom. The lowest BCUT2D eigenvalue weighted by atomic mass is 10.0. The Bertz CT molecular complexity index is 1020. The van der Waals surface area contributed by atoms with E-state index in [0.29, 0.717) is 12.2 Å². The van der Waals surface area contributed by atoms with E-state index in [2.05, 4.69) is 40.4 Å². The van der Waals surface area contributed by atoms with Crippen molar-refractivity contribution >= 4 is 5.91 Å². The molecule has 0 atom stereocenters. The number of imidazole rings is 1. The summed E-state index contributed by atoms with van der Waals surface area (Å²) in [7, 11) is 0. The fourth-order valence-corrected chi connectivity index (χ4v) is 4.02. The van der Waals surface area contributed by atoms with Crippen molar-refractivity contribution in [3.8, 4) is 16.9 Å². The minimum absolute atomic E-state index is 0.0187. The maximum Gasteiger partial charge on any atom is 0.274 e. The number of carbonyl (C=O) groups is 1. The van der Waals surface area contributed by atoms with Crippen molar-refractivity contribution in [1.29, 1.82) is 0 Å². The lowest BCUT2D eigenvalue weighted by molar-refractivity contribution is 0.0786. The van der Waals surface area contributed by atoms with Gasteiger partial charge in [-0.2, -0.15) is 0 Å². The van der Waals surface area contributed by atoms with Gasteiger partial charge in [0.1, 0.15) is 6.33 Å². The van der Waals surface area contributed by atoms with E-state index in [1.807, 2.05) is 21.1 Å². The molecule has 132 valence electrons. The standard InChI is InChI=1S/C19H20N6O/c1-12-5-6-15-14(9-12)18-13(2)21-22-25(18)10-16-17(20-11-24(15)16)19(26)23-7-3-4-8-23/h5-6,9,11H,3-4,7-8,10H2,1-2H3. The van der Waals surface area contributed by atoms with Gasteiger partial charge in [-0.15, -0.1) is 5.10 Å². The molecule has 0 saturated carbocycles. The second kappa shape index (κ2) is 5.52. The minimum Gasteiger partial charge on any atom is -0.337 e. The van der Waals surface area contributed by atoms with Gasteiger partial charge in [0.2, 0.25) is 0 Å². The van der Waals surface area contributed by atoms with Gasteiger partial charge in [-0.05, 0) is 38.8 Å². The van der Waals surface area contributed by atoms with Crippen LogP contribution in [0.15, 0.2) is 24.5 Å². The zero-order chi connectivity index (χ0) is 17.8. The molecule has 26 heavy (non-hydrogen) atoms. The van der Waals surface area contributed by atoms with Crippen molar-refractivity contribution < 1.29 is 4.79 Å². The maximum absolute atomic E-state index is 13.0. The van der Waals surface area contributed by atoms with Crippen LogP contribution in [0.2, 0.25) is 0 Å². The van der Waals surface area contributed by atoms with Crippen molar-refractivity contribution in [2.75, 3.05) is 13.1 Å². The molecular weight excluding hydrogens is 328 g/mol. The van der Waals surface area contributed by atoms with Crippen LogP contribution < -0.4 is 0 Å². The predicted octanol–water partition coefficient (Wildman–Crippen LogP) is 2.35. The highest BCUT2D eigenvalue weighted by Crippen LogP contribution is 2.34. The Morgan fingerprint density at radius 3 is 2.77 bits per heavy atom. The van der Waals surface area contributed by atoms with Crippen LogP contribution in [0, 0.1) is 13.8 Å². The highest BCUT2D eigenvalue weighted by Gasteiger charge is 2.30. The van der Waals surface area contributed by atoms with Crippen LogP contribution in [0.25, 0.3) is 16.9 Å². The molecule has 1 saturated heterocycles. The molecule has 0 bridgehead atoms. The van der Waals surface area contributed by atoms with Crippen LogP contribution in [-0.2, 0) is 6.54 Å². The molecule has 2 aliphatic rings. The summed E-state index contributed by atoms with van der Waals surface area (Å²) in [5, 5.41) is 8.59. The van der Waals surface area contributed by atoms with E-state index in [9.17, 15) is 4.79 Å². The number of benzene rings is 1. The van der Waals surface area contributed by atoms with Gasteiger partial charge in [0.05, 0.1) is 29.3 Å². The third kappa shape index (κ3) is 2.13. The molecule has 1 fully saturated rings. The van der Waals surface area contributed by atoms with E-state index < -0.39 is 0 Å². The van der Waals surface area contributed by atoms with E-state index in [-0.39, 0.29) is 5.91 Å². The summed E-state index contributed by atoms with van der Waals surface area (Å²) < 4.78 is 3.92. The molecule has 5 rings (SSSR count). The molecular formula is C19H20N6O. The number of aryl methyl sites for hydroxylation is 2. The van der Waals surface area contributed by atoms with Crippen molar-refractivity contribution in [2.45, 2.75) is 33.2 Å². The Balaban J connectivity index is 1.72. The van der Waals surface area contributed by atoms with E-state index in [4.69, 9.17) is 0 Å². The Morgan fingerprint density at radius 1 is 1.15 bits per heavy atom. The molecule has 0 N–H and O–H groups in total. The number of rotatable bonds is 1. The predicted molar refractivity (Wildman–Crippen MR) is 96.3 cm³/mol. The first kappa shape index (κ1) is 15.3. The molecule has 0 spiro atoms. The molecule has 3 aromatic rings. The SMILES string of the molecule is Cc1ccc2c(c1)-c1c(C)nnn1Cc1c(C(=O)N3CCCC3)ncn1-2. The summed E-state index contributed by atoms with van der Waals surface area (Å²) in [6.45, 7) is 6.16. The monoisotopic (exact) mass is 348 g/mol. The molecule has 7 heteroatoms. The summed E-state index contributed by atoms with van der Waals surface area (Å²) in [5.74, 6) is 0.0187. The number of nitrogens with zero attached hydrogens (tertiary/aromatic N) is 6. The van der Waals surface area contributed by atoms with Gasteiger partial charge in [0, 0.05) is 18.7 Å². The first-order valence-corrected chi connectivity index (χ1v) is 9.00. The van der Waals surface area contributed by atoms with E-state index in [1.54, 1.807) is 6.33 Å². The van der Waals surface area contributed by atoms with Crippen LogP contribution in [0.1, 0.15) is 40.3 Å². The second-order valence-corrected chi connectivity index (χ2v) is 7.11. The summed E-state index contributed by atoms with van der Waals surface area (Å²) >= 11 is 0. The summed E-state index contributed by atoms with van der Waals surface area (Å²) in [4.78, 5) is 19.4. The fraction of sp³-hybridized carbons (Fsp3) is 0.368. The average molecular weight is 348 g/mol. The first-order valence-electron chi connectivity index (χ1n) is 9.00. The minimum atomic E-state index is 0.0187. The number of likely N-dealkylation sites (tertiary alicyclic amines) is 1. The van der Waals surface area contributed by atoms with Crippen molar-refractivity contribution in [3.63, 3.8) is 0 Å². The lowest BCUT2D eigenvalue weighted by Crippen LogP contribution is -2.29. The Labute approximate surface area is 151 Å². The third-order valence-electron chi connectivity index (χ3n) is 5.33. The topological polar surface area (TPSA) is 68.8 Å². The van der Waals surface area contributed by atoms with Gasteiger partial charge in [-0.3, -0.25) is 9.36 Å². The second-order valence-electron chi connectivity index (χ2n) is 7.11. The van der Waals surface area contributed by atoms with Crippen molar-refractivity contribution in [1.82, 2.24) is 29.4 Å². The highest BCUT2D eigenvalue weighted by atomic mass is 16.2. The summed E-state index contributed by atoms with van der Waals surface area (Å²) in [6, 6.07) is 6.32. The average Bonchev–Trinajstić information content (AvgIpc) is 3.34. The number of hydrogen-bond acceptors (Lipinski definition) is 4. The number of fused-ring (bicyclic) bond motifs is 5. The molecule has 0 unspecified atom stereocenters. The van der Waals surface area contributed by atoms with Crippen LogP contribution in [0.4, 0.5) is 0 Å².